The topological polar surface area (TPSA) is 78.4 Å². The van der Waals surface area contributed by atoms with Crippen LogP contribution >= 0.6 is 27.7 Å². The SMILES string of the molecule is CCC(CSC)NC(=O)Nc1ccc(C(=O)O)cc1Br. The van der Waals surface area contributed by atoms with Gasteiger partial charge in [-0.15, -0.1) is 0 Å². The molecule has 1 unspecified atom stereocenters. The van der Waals surface area contributed by atoms with E-state index in [2.05, 4.69) is 26.6 Å². The van der Waals surface area contributed by atoms with Crippen molar-refractivity contribution in [3.63, 3.8) is 0 Å². The first kappa shape index (κ1) is 16.8. The van der Waals surface area contributed by atoms with E-state index in [1.54, 1.807) is 17.8 Å². The van der Waals surface area contributed by atoms with Crippen LogP contribution in [-0.2, 0) is 0 Å². The highest BCUT2D eigenvalue weighted by Gasteiger charge is 2.12. The van der Waals surface area contributed by atoms with Gasteiger partial charge in [-0.2, -0.15) is 11.8 Å². The quantitative estimate of drug-likeness (QED) is 0.726. The van der Waals surface area contributed by atoms with Crippen LogP contribution < -0.4 is 10.6 Å². The predicted octanol–water partition coefficient (Wildman–Crippen LogP) is 3.41. The molecule has 1 aromatic carbocycles. The highest BCUT2D eigenvalue weighted by molar-refractivity contribution is 9.10. The lowest BCUT2D eigenvalue weighted by Gasteiger charge is -2.16. The van der Waals surface area contributed by atoms with E-state index in [1.807, 2.05) is 13.2 Å². The smallest absolute Gasteiger partial charge is 0.335 e. The van der Waals surface area contributed by atoms with Gasteiger partial charge in [0, 0.05) is 16.3 Å². The first-order valence-electron chi connectivity index (χ1n) is 6.07. The van der Waals surface area contributed by atoms with Crippen LogP contribution in [-0.4, -0.2) is 35.2 Å². The number of halogens is 1. The number of rotatable bonds is 6. The van der Waals surface area contributed by atoms with Crippen LogP contribution in [0.15, 0.2) is 22.7 Å². The summed E-state index contributed by atoms with van der Waals surface area (Å²) in [5, 5.41) is 14.4. The summed E-state index contributed by atoms with van der Waals surface area (Å²) in [5.41, 5.74) is 0.697. The van der Waals surface area contributed by atoms with Crippen LogP contribution in [0.1, 0.15) is 23.7 Å². The number of hydrogen-bond donors (Lipinski definition) is 3. The first-order chi connectivity index (χ1) is 9.47. The third kappa shape index (κ3) is 5.05. The van der Waals surface area contributed by atoms with Crippen LogP contribution in [0.4, 0.5) is 10.5 Å². The van der Waals surface area contributed by atoms with Gasteiger partial charge >= 0.3 is 12.0 Å². The van der Waals surface area contributed by atoms with Crippen molar-refractivity contribution in [2.45, 2.75) is 19.4 Å². The van der Waals surface area contributed by atoms with Gasteiger partial charge in [0.25, 0.3) is 0 Å². The van der Waals surface area contributed by atoms with E-state index in [0.29, 0.717) is 10.2 Å². The molecule has 1 rings (SSSR count). The third-order valence-electron chi connectivity index (χ3n) is 2.66. The minimum atomic E-state index is -1.01. The summed E-state index contributed by atoms with van der Waals surface area (Å²) in [4.78, 5) is 22.7. The molecule has 0 bridgehead atoms. The number of anilines is 1. The van der Waals surface area contributed by atoms with Gasteiger partial charge in [0.15, 0.2) is 0 Å². The summed E-state index contributed by atoms with van der Waals surface area (Å²) in [7, 11) is 0. The monoisotopic (exact) mass is 360 g/mol. The molecule has 0 saturated carbocycles. The zero-order valence-corrected chi connectivity index (χ0v) is 13.7. The summed E-state index contributed by atoms with van der Waals surface area (Å²) in [6.07, 6.45) is 2.84. The lowest BCUT2D eigenvalue weighted by atomic mass is 10.2. The van der Waals surface area contributed by atoms with E-state index < -0.39 is 5.97 Å². The number of benzene rings is 1. The zero-order chi connectivity index (χ0) is 15.1. The number of carbonyl (C=O) groups is 2. The maximum absolute atomic E-state index is 11.9. The summed E-state index contributed by atoms with van der Waals surface area (Å²) >= 11 is 4.92. The van der Waals surface area contributed by atoms with E-state index >= 15 is 0 Å². The van der Waals surface area contributed by atoms with Crippen molar-refractivity contribution >= 4 is 45.4 Å². The molecule has 20 heavy (non-hydrogen) atoms. The summed E-state index contributed by atoms with van der Waals surface area (Å²) in [5.74, 6) is -0.157. The Kier molecular flexibility index (Phi) is 6.87. The van der Waals surface area contributed by atoms with Crippen molar-refractivity contribution in [2.75, 3.05) is 17.3 Å². The number of amides is 2. The zero-order valence-electron chi connectivity index (χ0n) is 11.3. The first-order valence-corrected chi connectivity index (χ1v) is 8.25. The molecule has 0 aromatic heterocycles. The summed E-state index contributed by atoms with van der Waals surface area (Å²) < 4.78 is 0.533. The third-order valence-corrected chi connectivity index (χ3v) is 4.05. The molecule has 1 aromatic rings. The standard InChI is InChI=1S/C13H17BrN2O3S/c1-3-9(7-20-2)15-13(19)16-11-5-4-8(12(17)18)6-10(11)14/h4-6,9H,3,7H2,1-2H3,(H,17,18)(H2,15,16,19). The molecule has 0 spiro atoms. The van der Waals surface area contributed by atoms with Crippen molar-refractivity contribution < 1.29 is 14.7 Å². The summed E-state index contributed by atoms with van der Waals surface area (Å²) in [6.45, 7) is 2.01. The van der Waals surface area contributed by atoms with E-state index in [9.17, 15) is 9.59 Å². The molecule has 0 aliphatic rings. The number of nitrogens with one attached hydrogen (secondary N) is 2. The molecule has 0 radical (unpaired) electrons. The number of thioether (sulfide) groups is 1. The number of hydrogen-bond acceptors (Lipinski definition) is 3. The lowest BCUT2D eigenvalue weighted by molar-refractivity contribution is 0.0697. The van der Waals surface area contributed by atoms with Gasteiger partial charge in [-0.05, 0) is 46.8 Å². The lowest BCUT2D eigenvalue weighted by Crippen LogP contribution is -2.39. The molecule has 5 nitrogen and oxygen atoms in total. The molecule has 0 aliphatic carbocycles. The fourth-order valence-corrected chi connectivity index (χ4v) is 2.76. The van der Waals surface area contributed by atoms with E-state index in [1.165, 1.54) is 12.1 Å². The number of carboxylic acid groups (broad SMARTS) is 1. The van der Waals surface area contributed by atoms with Crippen LogP contribution in [0.5, 0.6) is 0 Å². The Balaban J connectivity index is 2.68. The molecule has 0 saturated heterocycles. The Morgan fingerprint density at radius 2 is 2.15 bits per heavy atom. The van der Waals surface area contributed by atoms with Gasteiger partial charge in [-0.25, -0.2) is 9.59 Å². The van der Waals surface area contributed by atoms with Crippen molar-refractivity contribution in [3.05, 3.63) is 28.2 Å². The minimum absolute atomic E-state index is 0.113. The molecular weight excluding hydrogens is 344 g/mol. The van der Waals surface area contributed by atoms with Crippen molar-refractivity contribution in [1.82, 2.24) is 5.32 Å². The number of carbonyl (C=O) groups excluding carboxylic acids is 1. The van der Waals surface area contributed by atoms with Gasteiger partial charge in [-0.1, -0.05) is 6.92 Å². The van der Waals surface area contributed by atoms with Crippen molar-refractivity contribution in [3.8, 4) is 0 Å². The van der Waals surface area contributed by atoms with Crippen molar-refractivity contribution in [2.24, 2.45) is 0 Å². The Morgan fingerprint density at radius 3 is 2.65 bits per heavy atom. The molecular formula is C13H17BrN2O3S. The normalized spacial score (nSPS) is 11.8. The van der Waals surface area contributed by atoms with Gasteiger partial charge in [0.1, 0.15) is 0 Å². The van der Waals surface area contributed by atoms with Crippen LogP contribution in [0.25, 0.3) is 0 Å². The fourth-order valence-electron chi connectivity index (χ4n) is 1.56. The Bertz CT molecular complexity index is 497. The second-order valence-corrected chi connectivity index (χ2v) is 5.92. The Labute approximate surface area is 130 Å². The van der Waals surface area contributed by atoms with Crippen LogP contribution in [0, 0.1) is 0 Å². The van der Waals surface area contributed by atoms with E-state index in [4.69, 9.17) is 5.11 Å². The minimum Gasteiger partial charge on any atom is -0.478 e. The molecule has 2 amide bonds. The number of carboxylic acids is 1. The maximum Gasteiger partial charge on any atom is 0.335 e. The molecule has 0 aliphatic heterocycles. The van der Waals surface area contributed by atoms with E-state index in [-0.39, 0.29) is 17.6 Å². The molecule has 0 fully saturated rings. The maximum atomic E-state index is 11.9. The molecule has 1 atom stereocenters. The van der Waals surface area contributed by atoms with Crippen molar-refractivity contribution in [1.29, 1.82) is 0 Å². The fraction of sp³-hybridized carbons (Fsp3) is 0.385. The average molecular weight is 361 g/mol. The largest absolute Gasteiger partial charge is 0.478 e. The molecule has 7 heteroatoms. The second-order valence-electron chi connectivity index (χ2n) is 4.16. The highest BCUT2D eigenvalue weighted by atomic mass is 79.9. The molecule has 0 heterocycles. The molecule has 3 N–H and O–H groups in total. The highest BCUT2D eigenvalue weighted by Crippen LogP contribution is 2.23. The van der Waals surface area contributed by atoms with E-state index in [0.717, 1.165) is 12.2 Å². The van der Waals surface area contributed by atoms with Gasteiger partial charge in [0.2, 0.25) is 0 Å². The molecule has 110 valence electrons. The van der Waals surface area contributed by atoms with Crippen LogP contribution in [0.2, 0.25) is 0 Å². The Hall–Kier alpha value is -1.21. The summed E-state index contributed by atoms with van der Waals surface area (Å²) in [6, 6.07) is 4.28. The predicted molar refractivity (Wildman–Crippen MR) is 85.7 cm³/mol. The Morgan fingerprint density at radius 1 is 1.45 bits per heavy atom. The number of urea groups is 1. The van der Waals surface area contributed by atoms with Crippen LogP contribution in [0.3, 0.4) is 0 Å². The second kappa shape index (κ2) is 8.16. The average Bonchev–Trinajstić information content (AvgIpc) is 2.40. The number of aromatic carboxylic acids is 1. The van der Waals surface area contributed by atoms with Gasteiger partial charge in [-0.3, -0.25) is 0 Å². The van der Waals surface area contributed by atoms with Gasteiger partial charge in [0.05, 0.1) is 11.3 Å². The van der Waals surface area contributed by atoms with Gasteiger partial charge < -0.3 is 15.7 Å².